The number of H-pyrrole nitrogens is 1. The second-order valence-corrected chi connectivity index (χ2v) is 3.89. The number of hydrogen-bond donors (Lipinski definition) is 1. The first-order valence-electron chi connectivity index (χ1n) is 4.07. The second kappa shape index (κ2) is 3.20. The van der Waals surface area contributed by atoms with E-state index in [1.165, 1.54) is 12.1 Å². The van der Waals surface area contributed by atoms with Gasteiger partial charge in [0.15, 0.2) is 0 Å². The van der Waals surface area contributed by atoms with E-state index in [0.717, 1.165) is 5.56 Å². The van der Waals surface area contributed by atoms with Crippen molar-refractivity contribution in [1.29, 1.82) is 0 Å². The van der Waals surface area contributed by atoms with Crippen molar-refractivity contribution in [3.8, 4) is 0 Å². The van der Waals surface area contributed by atoms with Crippen molar-refractivity contribution in [1.82, 2.24) is 4.98 Å². The van der Waals surface area contributed by atoms with Gasteiger partial charge < -0.3 is 4.98 Å². The molecule has 2 nitrogen and oxygen atoms in total. The van der Waals surface area contributed by atoms with Gasteiger partial charge in [-0.3, -0.25) is 4.79 Å². The Balaban J connectivity index is 3.02. The molecule has 1 heterocycles. The molecule has 2 rings (SSSR count). The molecule has 0 amide bonds. The molecule has 0 radical (unpaired) electrons. The monoisotopic (exact) mass is 255 g/mol. The topological polar surface area (TPSA) is 32.9 Å². The predicted molar refractivity (Wildman–Crippen MR) is 57.0 cm³/mol. The Morgan fingerprint density at radius 3 is 2.86 bits per heavy atom. The number of aromatic amines is 1. The second-order valence-electron chi connectivity index (χ2n) is 3.10. The molecule has 1 N–H and O–H groups in total. The Morgan fingerprint density at radius 1 is 1.43 bits per heavy atom. The molecule has 0 unspecified atom stereocenters. The number of halogens is 2. The number of pyridine rings is 1. The normalized spacial score (nSPS) is 10.8. The van der Waals surface area contributed by atoms with Crippen LogP contribution >= 0.6 is 15.9 Å². The van der Waals surface area contributed by atoms with E-state index in [-0.39, 0.29) is 11.4 Å². The van der Waals surface area contributed by atoms with Crippen LogP contribution in [-0.4, -0.2) is 4.98 Å². The summed E-state index contributed by atoms with van der Waals surface area (Å²) in [6.07, 6.45) is 0. The third-order valence-electron chi connectivity index (χ3n) is 2.10. The molecular weight excluding hydrogens is 249 g/mol. The van der Waals surface area contributed by atoms with E-state index >= 15 is 0 Å². The molecule has 0 fully saturated rings. The summed E-state index contributed by atoms with van der Waals surface area (Å²) in [6, 6.07) is 4.38. The van der Waals surface area contributed by atoms with Gasteiger partial charge in [0, 0.05) is 11.5 Å². The number of hydrogen-bond acceptors (Lipinski definition) is 1. The summed E-state index contributed by atoms with van der Waals surface area (Å²) in [6.45, 7) is 1.76. The highest BCUT2D eigenvalue weighted by Gasteiger charge is 2.07. The summed E-state index contributed by atoms with van der Waals surface area (Å²) < 4.78 is 13.7. The van der Waals surface area contributed by atoms with Crippen LogP contribution in [0.2, 0.25) is 0 Å². The van der Waals surface area contributed by atoms with E-state index < -0.39 is 0 Å². The molecule has 0 spiro atoms. The highest BCUT2D eigenvalue weighted by atomic mass is 79.9. The predicted octanol–water partition coefficient (Wildman–Crippen LogP) is 2.74. The van der Waals surface area contributed by atoms with Crippen LogP contribution < -0.4 is 5.56 Å². The van der Waals surface area contributed by atoms with Gasteiger partial charge >= 0.3 is 0 Å². The molecular formula is C10H7BrFNO. The third kappa shape index (κ3) is 1.35. The van der Waals surface area contributed by atoms with E-state index in [9.17, 15) is 9.18 Å². The number of aromatic nitrogens is 1. The Hall–Kier alpha value is -1.16. The van der Waals surface area contributed by atoms with Gasteiger partial charge in [0.25, 0.3) is 0 Å². The summed E-state index contributed by atoms with van der Waals surface area (Å²) >= 11 is 3.14. The van der Waals surface area contributed by atoms with Gasteiger partial charge in [-0.05, 0) is 40.5 Å². The zero-order valence-electron chi connectivity index (χ0n) is 7.40. The zero-order valence-corrected chi connectivity index (χ0v) is 8.98. The van der Waals surface area contributed by atoms with Crippen molar-refractivity contribution >= 4 is 26.8 Å². The van der Waals surface area contributed by atoms with Gasteiger partial charge in [-0.2, -0.15) is 0 Å². The van der Waals surface area contributed by atoms with Crippen LogP contribution in [0.15, 0.2) is 27.5 Å². The van der Waals surface area contributed by atoms with Crippen LogP contribution in [0.3, 0.4) is 0 Å². The molecule has 0 aliphatic rings. The first-order chi connectivity index (χ1) is 6.59. The van der Waals surface area contributed by atoms with Crippen molar-refractivity contribution < 1.29 is 4.39 Å². The maximum Gasteiger partial charge on any atom is 0.248 e. The van der Waals surface area contributed by atoms with Crippen LogP contribution in [0.1, 0.15) is 5.56 Å². The third-order valence-corrected chi connectivity index (χ3v) is 2.91. The van der Waals surface area contributed by atoms with Crippen molar-refractivity contribution in [3.63, 3.8) is 0 Å². The molecule has 4 heteroatoms. The fourth-order valence-electron chi connectivity index (χ4n) is 1.42. The zero-order chi connectivity index (χ0) is 10.3. The maximum absolute atomic E-state index is 13.3. The highest BCUT2D eigenvalue weighted by molar-refractivity contribution is 9.10. The minimum atomic E-state index is -0.318. The van der Waals surface area contributed by atoms with E-state index in [2.05, 4.69) is 20.9 Å². The number of aryl methyl sites for hydroxylation is 1. The average Bonchev–Trinajstić information content (AvgIpc) is 2.14. The number of fused-ring (bicyclic) bond motifs is 1. The molecule has 0 aliphatic heterocycles. The summed E-state index contributed by atoms with van der Waals surface area (Å²) in [4.78, 5) is 13.7. The van der Waals surface area contributed by atoms with Crippen LogP contribution in [0.4, 0.5) is 4.39 Å². The minimum Gasteiger partial charge on any atom is -0.322 e. The SMILES string of the molecule is Cc1cc(F)c(Br)c2ccc(=O)[nH]c12. The fraction of sp³-hybridized carbons (Fsp3) is 0.100. The molecule has 1 aromatic carbocycles. The molecule has 0 saturated carbocycles. The molecule has 0 atom stereocenters. The summed E-state index contributed by atoms with van der Waals surface area (Å²) in [5.74, 6) is -0.318. The van der Waals surface area contributed by atoms with E-state index in [4.69, 9.17) is 0 Å². The standard InChI is InChI=1S/C10H7BrFNO/c1-5-4-7(12)9(11)6-2-3-8(14)13-10(5)6/h2-4H,1H3,(H,13,14). The molecule has 2 aromatic rings. The Kier molecular flexibility index (Phi) is 2.15. The molecule has 14 heavy (non-hydrogen) atoms. The molecule has 0 bridgehead atoms. The summed E-state index contributed by atoms with van der Waals surface area (Å²) in [5, 5.41) is 0.683. The quantitative estimate of drug-likeness (QED) is 0.772. The molecule has 0 saturated heterocycles. The first kappa shape index (κ1) is 9.40. The smallest absolute Gasteiger partial charge is 0.248 e. The van der Waals surface area contributed by atoms with E-state index in [1.807, 2.05) is 0 Å². The maximum atomic E-state index is 13.3. The van der Waals surface area contributed by atoms with Gasteiger partial charge in [0.1, 0.15) is 5.82 Å². The van der Waals surface area contributed by atoms with Crippen LogP contribution in [0.25, 0.3) is 10.9 Å². The molecule has 72 valence electrons. The van der Waals surface area contributed by atoms with Crippen molar-refractivity contribution in [2.24, 2.45) is 0 Å². The molecule has 1 aromatic heterocycles. The lowest BCUT2D eigenvalue weighted by Gasteiger charge is -2.04. The lowest BCUT2D eigenvalue weighted by Crippen LogP contribution is -2.04. The van der Waals surface area contributed by atoms with E-state index in [0.29, 0.717) is 15.4 Å². The fourth-order valence-corrected chi connectivity index (χ4v) is 1.87. The number of nitrogens with one attached hydrogen (secondary N) is 1. The first-order valence-corrected chi connectivity index (χ1v) is 4.86. The lowest BCUT2D eigenvalue weighted by molar-refractivity contribution is 0.622. The van der Waals surface area contributed by atoms with Gasteiger partial charge in [0.2, 0.25) is 5.56 Å². The van der Waals surface area contributed by atoms with Crippen LogP contribution in [-0.2, 0) is 0 Å². The Morgan fingerprint density at radius 2 is 2.14 bits per heavy atom. The van der Waals surface area contributed by atoms with Gasteiger partial charge in [-0.15, -0.1) is 0 Å². The largest absolute Gasteiger partial charge is 0.322 e. The van der Waals surface area contributed by atoms with Crippen LogP contribution in [0.5, 0.6) is 0 Å². The average molecular weight is 256 g/mol. The lowest BCUT2D eigenvalue weighted by atomic mass is 10.1. The van der Waals surface area contributed by atoms with Gasteiger partial charge in [0.05, 0.1) is 9.99 Å². The van der Waals surface area contributed by atoms with E-state index in [1.54, 1.807) is 13.0 Å². The Labute approximate surface area is 87.9 Å². The van der Waals surface area contributed by atoms with Crippen molar-refractivity contribution in [2.75, 3.05) is 0 Å². The Bertz CT molecular complexity index is 562. The minimum absolute atomic E-state index is 0.181. The van der Waals surface area contributed by atoms with Crippen LogP contribution in [0, 0.1) is 12.7 Å². The molecule has 0 aliphatic carbocycles. The van der Waals surface area contributed by atoms with Gasteiger partial charge in [-0.25, -0.2) is 4.39 Å². The number of rotatable bonds is 0. The summed E-state index contributed by atoms with van der Waals surface area (Å²) in [7, 11) is 0. The summed E-state index contributed by atoms with van der Waals surface area (Å²) in [5.41, 5.74) is 1.21. The van der Waals surface area contributed by atoms with Crippen molar-refractivity contribution in [3.05, 3.63) is 44.4 Å². The van der Waals surface area contributed by atoms with Crippen molar-refractivity contribution in [2.45, 2.75) is 6.92 Å². The van der Waals surface area contributed by atoms with Gasteiger partial charge in [-0.1, -0.05) is 0 Å². The number of benzene rings is 1. The highest BCUT2D eigenvalue weighted by Crippen LogP contribution is 2.27.